The van der Waals surface area contributed by atoms with E-state index in [-0.39, 0.29) is 11.6 Å². The van der Waals surface area contributed by atoms with Gasteiger partial charge in [-0.2, -0.15) is 5.06 Å². The molecule has 0 aliphatic carbocycles. The number of hydrogen-bond donors (Lipinski definition) is 0. The Hall–Kier alpha value is -4.26. The molecule has 3 heterocycles. The standard InChI is InChI=1S/C33H28N4OS/c1-22(2)36-30-13-6-7-14-31(30)37(38-36)24-9-8-10-25(20-24)39-26-15-16-28-27-11-4-5-12-29(27)35(32(28)21-26)33-19-23(3)17-18-34-33/h4-22H,1-3H3/i3D3. The summed E-state index contributed by atoms with van der Waals surface area (Å²) >= 11 is 1.67. The van der Waals surface area contributed by atoms with Gasteiger partial charge in [0.1, 0.15) is 5.82 Å². The van der Waals surface area contributed by atoms with Crippen molar-refractivity contribution in [3.8, 4) is 5.82 Å². The van der Waals surface area contributed by atoms with Crippen LogP contribution in [0.3, 0.4) is 0 Å². The number of para-hydroxylation sites is 3. The highest BCUT2D eigenvalue weighted by atomic mass is 32.2. The molecule has 4 aromatic carbocycles. The fourth-order valence-corrected chi connectivity index (χ4v) is 6.07. The predicted octanol–water partition coefficient (Wildman–Crippen LogP) is 8.85. The number of anilines is 3. The van der Waals surface area contributed by atoms with Crippen molar-refractivity contribution >= 4 is 50.6 Å². The van der Waals surface area contributed by atoms with Gasteiger partial charge >= 0.3 is 0 Å². The number of benzene rings is 4. The van der Waals surface area contributed by atoms with E-state index in [1.807, 2.05) is 46.5 Å². The Morgan fingerprint density at radius 3 is 2.44 bits per heavy atom. The molecule has 0 amide bonds. The first-order chi connectivity index (χ1) is 20.3. The van der Waals surface area contributed by atoms with Crippen molar-refractivity contribution < 1.29 is 9.05 Å². The van der Waals surface area contributed by atoms with Crippen molar-refractivity contribution in [2.24, 2.45) is 0 Å². The Kier molecular flexibility index (Phi) is 5.03. The van der Waals surface area contributed by atoms with E-state index in [0.29, 0.717) is 5.82 Å². The van der Waals surface area contributed by atoms with Crippen LogP contribution >= 0.6 is 11.8 Å². The monoisotopic (exact) mass is 531 g/mol. The maximum absolute atomic E-state index is 7.91. The molecule has 1 aliphatic heterocycles. The summed E-state index contributed by atoms with van der Waals surface area (Å²) < 4.78 is 25.8. The van der Waals surface area contributed by atoms with Crippen LogP contribution in [0, 0.1) is 6.85 Å². The molecule has 1 aliphatic rings. The zero-order valence-corrected chi connectivity index (χ0v) is 22.4. The van der Waals surface area contributed by atoms with Crippen molar-refractivity contribution in [3.05, 3.63) is 115 Å². The van der Waals surface area contributed by atoms with Crippen LogP contribution < -0.4 is 10.1 Å². The van der Waals surface area contributed by atoms with Gasteiger partial charge in [0.25, 0.3) is 0 Å². The molecular formula is C33H28N4OS. The normalized spacial score (nSPS) is 14.6. The van der Waals surface area contributed by atoms with Crippen LogP contribution in [-0.2, 0) is 4.94 Å². The van der Waals surface area contributed by atoms with Crippen molar-refractivity contribution in [1.82, 2.24) is 9.55 Å². The topological polar surface area (TPSA) is 33.5 Å². The number of hydroxylamine groups is 1. The lowest BCUT2D eigenvalue weighted by atomic mass is 10.2. The van der Waals surface area contributed by atoms with Crippen molar-refractivity contribution in [3.63, 3.8) is 0 Å². The zero-order chi connectivity index (χ0) is 29.0. The SMILES string of the molecule is [2H]C([2H])([2H])c1ccnc(-n2c3ccccc3c3ccc(Sc4cccc(N5ON(C(C)C)c6ccccc65)c4)cc32)c1. The summed E-state index contributed by atoms with van der Waals surface area (Å²) in [7, 11) is 0. The number of hydrogen-bond acceptors (Lipinski definition) is 5. The molecule has 0 saturated heterocycles. The van der Waals surface area contributed by atoms with E-state index in [0.717, 1.165) is 48.7 Å². The molecule has 6 aromatic rings. The van der Waals surface area contributed by atoms with Gasteiger partial charge in [-0.3, -0.25) is 4.57 Å². The van der Waals surface area contributed by atoms with Crippen LogP contribution in [-0.4, -0.2) is 15.6 Å². The minimum Gasteiger partial charge on any atom is -0.294 e. The van der Waals surface area contributed by atoms with Crippen molar-refractivity contribution in [2.45, 2.75) is 36.5 Å². The highest BCUT2D eigenvalue weighted by Crippen LogP contribution is 2.43. The Bertz CT molecular complexity index is 1950. The van der Waals surface area contributed by atoms with E-state index in [2.05, 4.69) is 78.0 Å². The largest absolute Gasteiger partial charge is 0.294 e. The van der Waals surface area contributed by atoms with Gasteiger partial charge in [-0.05, 0) is 86.9 Å². The van der Waals surface area contributed by atoms with Crippen molar-refractivity contribution in [2.75, 3.05) is 10.1 Å². The van der Waals surface area contributed by atoms with E-state index in [1.165, 1.54) is 0 Å². The van der Waals surface area contributed by atoms with Gasteiger partial charge in [0.05, 0.1) is 34.1 Å². The molecule has 0 fully saturated rings. The second-order valence-corrected chi connectivity index (χ2v) is 11.0. The number of nitrogens with zero attached hydrogens (tertiary/aromatic N) is 4. The summed E-state index contributed by atoms with van der Waals surface area (Å²) in [6, 6.07) is 34.5. The van der Waals surface area contributed by atoms with Gasteiger partial charge < -0.3 is 0 Å². The lowest BCUT2D eigenvalue weighted by Crippen LogP contribution is -2.30. The fourth-order valence-electron chi connectivity index (χ4n) is 5.17. The first kappa shape index (κ1) is 20.7. The Labute approximate surface area is 236 Å². The molecule has 0 unspecified atom stereocenters. The molecular weight excluding hydrogens is 500 g/mol. The number of aryl methyl sites for hydroxylation is 1. The molecule has 2 aromatic heterocycles. The molecule has 39 heavy (non-hydrogen) atoms. The summed E-state index contributed by atoms with van der Waals surface area (Å²) in [5.41, 5.74) is 5.20. The molecule has 0 spiro atoms. The third-order valence-electron chi connectivity index (χ3n) is 6.88. The maximum atomic E-state index is 7.91. The summed E-state index contributed by atoms with van der Waals surface area (Å²) in [6.07, 6.45) is 1.57. The second kappa shape index (κ2) is 9.49. The number of rotatable bonds is 5. The van der Waals surface area contributed by atoms with E-state index in [4.69, 9.17) is 9.05 Å². The molecule has 0 N–H and O–H groups in total. The van der Waals surface area contributed by atoms with Gasteiger partial charge in [0, 0.05) is 30.9 Å². The molecule has 192 valence electrons. The molecule has 0 saturated carbocycles. The van der Waals surface area contributed by atoms with Crippen LogP contribution in [0.4, 0.5) is 17.1 Å². The first-order valence-corrected chi connectivity index (χ1v) is 13.7. The molecule has 7 rings (SSSR count). The van der Waals surface area contributed by atoms with Gasteiger partial charge in [-0.25, -0.2) is 10.0 Å². The van der Waals surface area contributed by atoms with Crippen LogP contribution in [0.2, 0.25) is 0 Å². The minimum atomic E-state index is -2.21. The number of pyridine rings is 1. The Morgan fingerprint density at radius 1 is 0.769 bits per heavy atom. The predicted molar refractivity (Wildman–Crippen MR) is 161 cm³/mol. The van der Waals surface area contributed by atoms with Crippen LogP contribution in [0.5, 0.6) is 0 Å². The van der Waals surface area contributed by atoms with E-state index in [9.17, 15) is 0 Å². The quantitative estimate of drug-likeness (QED) is 0.222. The fraction of sp³-hybridized carbons (Fsp3) is 0.121. The van der Waals surface area contributed by atoms with Crippen LogP contribution in [0.15, 0.2) is 119 Å². The average Bonchev–Trinajstić information content (AvgIpc) is 3.53. The molecule has 0 radical (unpaired) electrons. The molecule has 5 nitrogen and oxygen atoms in total. The minimum absolute atomic E-state index is 0.183. The van der Waals surface area contributed by atoms with E-state index >= 15 is 0 Å². The third kappa shape index (κ3) is 4.13. The van der Waals surface area contributed by atoms with Gasteiger partial charge in [0.15, 0.2) is 0 Å². The second-order valence-electron chi connectivity index (χ2n) is 9.82. The third-order valence-corrected chi connectivity index (χ3v) is 7.86. The number of fused-ring (bicyclic) bond motifs is 4. The maximum Gasteiger partial charge on any atom is 0.137 e. The number of aromatic nitrogens is 2. The van der Waals surface area contributed by atoms with Crippen LogP contribution in [0.1, 0.15) is 23.5 Å². The zero-order valence-electron chi connectivity index (χ0n) is 24.6. The molecule has 0 atom stereocenters. The molecule has 0 bridgehead atoms. The highest BCUT2D eigenvalue weighted by Gasteiger charge is 2.30. The lowest BCUT2D eigenvalue weighted by Gasteiger charge is -2.23. The van der Waals surface area contributed by atoms with E-state index < -0.39 is 6.85 Å². The van der Waals surface area contributed by atoms with Gasteiger partial charge in [-0.15, -0.1) is 4.94 Å². The lowest BCUT2D eigenvalue weighted by molar-refractivity contribution is 0.112. The van der Waals surface area contributed by atoms with Crippen LogP contribution in [0.25, 0.3) is 27.6 Å². The average molecular weight is 532 g/mol. The summed E-state index contributed by atoms with van der Waals surface area (Å²) in [5.74, 6) is 0.582. The first-order valence-electron chi connectivity index (χ1n) is 14.4. The smallest absolute Gasteiger partial charge is 0.137 e. The molecule has 6 heteroatoms. The Balaban J connectivity index is 1.28. The van der Waals surface area contributed by atoms with Crippen molar-refractivity contribution in [1.29, 1.82) is 0 Å². The summed E-state index contributed by atoms with van der Waals surface area (Å²) in [5, 5.41) is 5.98. The highest BCUT2D eigenvalue weighted by molar-refractivity contribution is 7.99. The summed E-state index contributed by atoms with van der Waals surface area (Å²) in [4.78, 5) is 13.0. The summed E-state index contributed by atoms with van der Waals surface area (Å²) in [6.45, 7) is 2.00. The van der Waals surface area contributed by atoms with E-state index in [1.54, 1.807) is 30.1 Å². The Morgan fingerprint density at radius 2 is 1.56 bits per heavy atom. The van der Waals surface area contributed by atoms with Gasteiger partial charge in [0.2, 0.25) is 0 Å². The van der Waals surface area contributed by atoms with Gasteiger partial charge in [-0.1, -0.05) is 54.2 Å².